The van der Waals surface area contributed by atoms with Gasteiger partial charge in [0.1, 0.15) is 26.0 Å². The quantitative estimate of drug-likeness (QED) is 0.0397. The SMILES string of the molecule is O=S(=O)(O)c1ccc(Nc2nc(Nc3ccc4[nH]c5c(Cl)c6oc7c(S(=O)(=O)O)c(Nc8nc(Cl)nc(Nc9ccccc9S(=O)(=O)O)n8)ccc7[nH]c6c(Cl)c5oc4c3S(=O)(=O)O)nc(N3CCOCC3)n2)cc1. The maximum Gasteiger partial charge on any atom is 0.300 e. The van der Waals surface area contributed by atoms with E-state index >= 15 is 0 Å². The molecule has 390 valence electrons. The summed E-state index contributed by atoms with van der Waals surface area (Å²) in [6.45, 7) is 1.38. The molecule has 0 spiro atoms. The van der Waals surface area contributed by atoms with Crippen LogP contribution in [0.15, 0.2) is 101 Å². The fourth-order valence-electron chi connectivity index (χ4n) is 7.61. The smallest absolute Gasteiger partial charge is 0.300 e. The number of nitrogens with one attached hydrogen (secondary N) is 6. The number of benzene rings is 5. The van der Waals surface area contributed by atoms with Gasteiger partial charge in [0.05, 0.1) is 46.2 Å². The molecule has 10 N–H and O–H groups in total. The predicted octanol–water partition coefficient (Wildman–Crippen LogP) is 7.39. The number of hydrogen-bond donors (Lipinski definition) is 10. The molecule has 1 fully saturated rings. The molecule has 9 aromatic rings. The van der Waals surface area contributed by atoms with Crippen LogP contribution in [0.5, 0.6) is 0 Å². The Morgan fingerprint density at radius 1 is 0.507 bits per heavy atom. The second-order valence-corrected chi connectivity index (χ2v) is 22.3. The lowest BCUT2D eigenvalue weighted by atomic mass is 10.2. The molecule has 0 radical (unpaired) electrons. The summed E-state index contributed by atoms with van der Waals surface area (Å²) in [5.41, 5.74) is -2.70. The number of halogens is 3. The third-order valence-electron chi connectivity index (χ3n) is 10.8. The van der Waals surface area contributed by atoms with Crippen molar-refractivity contribution >= 4 is 172 Å². The maximum absolute atomic E-state index is 13.3. The fourth-order valence-corrected chi connectivity index (χ4v) is 11.0. The molecule has 1 aliphatic heterocycles. The number of anilines is 9. The molecule has 10 rings (SSSR count). The van der Waals surface area contributed by atoms with Crippen molar-refractivity contribution in [2.75, 3.05) is 52.5 Å². The third kappa shape index (κ3) is 10.5. The van der Waals surface area contributed by atoms with Crippen LogP contribution in [-0.2, 0) is 45.2 Å². The lowest BCUT2D eigenvalue weighted by Crippen LogP contribution is -2.37. The minimum absolute atomic E-state index is 0.0926. The maximum atomic E-state index is 13.3. The monoisotopic (exact) mass is 1160 g/mol. The van der Waals surface area contributed by atoms with Gasteiger partial charge in [0.25, 0.3) is 40.5 Å². The van der Waals surface area contributed by atoms with E-state index in [1.54, 1.807) is 4.90 Å². The molecule has 28 nitrogen and oxygen atoms in total. The first-order valence-electron chi connectivity index (χ1n) is 20.9. The largest absolute Gasteiger partial charge is 0.450 e. The topological polar surface area (TPSA) is 413 Å². The van der Waals surface area contributed by atoms with Gasteiger partial charge in [0.15, 0.2) is 32.1 Å². The first-order valence-corrected chi connectivity index (χ1v) is 27.7. The van der Waals surface area contributed by atoms with Crippen LogP contribution in [0.2, 0.25) is 15.3 Å². The van der Waals surface area contributed by atoms with Crippen LogP contribution in [0.25, 0.3) is 44.4 Å². The van der Waals surface area contributed by atoms with Crippen LogP contribution in [0.3, 0.4) is 0 Å². The lowest BCUT2D eigenvalue weighted by molar-refractivity contribution is 0.122. The van der Waals surface area contributed by atoms with Crippen molar-refractivity contribution in [3.8, 4) is 0 Å². The van der Waals surface area contributed by atoms with Crippen LogP contribution >= 0.6 is 34.8 Å². The van der Waals surface area contributed by atoms with Gasteiger partial charge in [0, 0.05) is 18.8 Å². The Kier molecular flexibility index (Phi) is 13.1. The summed E-state index contributed by atoms with van der Waals surface area (Å²) in [6.07, 6.45) is 0. The van der Waals surface area contributed by atoms with Crippen molar-refractivity contribution in [3.63, 3.8) is 0 Å². The molecule has 0 unspecified atom stereocenters. The Hall–Kier alpha value is -7.21. The first-order chi connectivity index (χ1) is 35.4. The number of aromatic nitrogens is 8. The molecule has 4 aromatic heterocycles. The number of para-hydroxylation sites is 1. The van der Waals surface area contributed by atoms with Gasteiger partial charge in [-0.3, -0.25) is 18.2 Å². The molecular formula is C40H30Cl3N13O15S4. The van der Waals surface area contributed by atoms with Gasteiger partial charge in [0.2, 0.25) is 35.0 Å². The predicted molar refractivity (Wildman–Crippen MR) is 270 cm³/mol. The summed E-state index contributed by atoms with van der Waals surface area (Å²) in [7, 11) is -19.7. The van der Waals surface area contributed by atoms with Crippen LogP contribution in [-0.4, -0.2) is 118 Å². The highest BCUT2D eigenvalue weighted by Crippen LogP contribution is 2.43. The van der Waals surface area contributed by atoms with Crippen molar-refractivity contribution in [3.05, 3.63) is 88.1 Å². The summed E-state index contributed by atoms with van der Waals surface area (Å²) in [4.78, 5) is 30.2. The van der Waals surface area contributed by atoms with Crippen molar-refractivity contribution in [1.82, 2.24) is 39.9 Å². The number of rotatable bonds is 13. The molecule has 5 heterocycles. The molecule has 5 aromatic carbocycles. The Morgan fingerprint density at radius 3 is 1.45 bits per heavy atom. The van der Waals surface area contributed by atoms with E-state index in [0.717, 1.165) is 24.3 Å². The lowest BCUT2D eigenvalue weighted by Gasteiger charge is -2.27. The molecule has 75 heavy (non-hydrogen) atoms. The normalized spacial score (nSPS) is 13.7. The van der Waals surface area contributed by atoms with Crippen molar-refractivity contribution in [2.24, 2.45) is 0 Å². The van der Waals surface area contributed by atoms with Crippen LogP contribution in [0.4, 0.5) is 52.5 Å². The zero-order valence-electron chi connectivity index (χ0n) is 36.9. The van der Waals surface area contributed by atoms with Crippen LogP contribution in [0, 0.1) is 0 Å². The average Bonchev–Trinajstić information content (AvgIpc) is 3.35. The molecule has 1 aliphatic rings. The number of morpholine rings is 1. The summed E-state index contributed by atoms with van der Waals surface area (Å²) in [5.74, 6) is -1.00. The molecular weight excluding hydrogens is 1140 g/mol. The van der Waals surface area contributed by atoms with E-state index < -0.39 is 77.6 Å². The van der Waals surface area contributed by atoms with E-state index in [-0.39, 0.29) is 94.7 Å². The molecule has 0 bridgehead atoms. The minimum Gasteiger partial charge on any atom is -0.450 e. The van der Waals surface area contributed by atoms with Gasteiger partial charge in [-0.2, -0.15) is 63.6 Å². The van der Waals surface area contributed by atoms with Crippen LogP contribution < -0.4 is 26.2 Å². The number of fused-ring (bicyclic) bond motifs is 4. The molecule has 0 atom stereocenters. The van der Waals surface area contributed by atoms with Crippen molar-refractivity contribution in [1.29, 1.82) is 0 Å². The number of nitrogens with zero attached hydrogens (tertiary/aromatic N) is 7. The Balaban J connectivity index is 1.05. The highest BCUT2D eigenvalue weighted by molar-refractivity contribution is 7.87. The number of hydrogen-bond acceptors (Lipinski definition) is 22. The third-order valence-corrected chi connectivity index (χ3v) is 15.3. The molecule has 35 heteroatoms. The highest BCUT2D eigenvalue weighted by Gasteiger charge is 2.29. The van der Waals surface area contributed by atoms with Gasteiger partial charge >= 0.3 is 0 Å². The van der Waals surface area contributed by atoms with Gasteiger partial charge in [-0.15, -0.1) is 0 Å². The van der Waals surface area contributed by atoms with E-state index in [4.69, 9.17) is 48.4 Å². The molecule has 0 aliphatic carbocycles. The number of H-pyrrole nitrogens is 2. The van der Waals surface area contributed by atoms with E-state index in [0.29, 0.717) is 26.3 Å². The highest BCUT2D eigenvalue weighted by atomic mass is 35.5. The first kappa shape index (κ1) is 51.3. The molecule has 0 saturated carbocycles. The Bertz CT molecular complexity index is 4360. The molecule has 1 saturated heterocycles. The summed E-state index contributed by atoms with van der Waals surface area (Å²) in [6, 6.07) is 15.2. The van der Waals surface area contributed by atoms with Crippen LogP contribution in [0.1, 0.15) is 0 Å². The fraction of sp³-hybridized carbons (Fsp3) is 0.100. The number of ether oxygens (including phenoxy) is 1. The standard InChI is InChI=1S/C40H30Cl3N13O15S4/c41-25-28-32(26(42)27-31(25)70-29-20(45-27)9-11-22(33(29)74(63,64)65)48-38-51-35(43)50-37(53-38)47-19-3-1-2-4-24(19)73(60,61)62)71-30-21(46-28)10-12-23(34(30)75(66,67)68)49-39-52-36(54-40(55-39)56-13-15-69-16-14-56)44-17-5-7-18(8-6-17)72(57,58)59/h1-12,45-46H,13-16H2,(H,57,58,59)(H,60,61,62)(H,63,64,65)(H,66,67,68)(H2,44,49,52,54,55)(H2,47,48,50,51,53). The zero-order chi connectivity index (χ0) is 53.4. The van der Waals surface area contributed by atoms with Gasteiger partial charge in [-0.25, -0.2) is 0 Å². The minimum atomic E-state index is -5.24. The average molecular weight is 1170 g/mol. The Morgan fingerprint density at radius 2 is 0.973 bits per heavy atom. The van der Waals surface area contributed by atoms with E-state index in [1.165, 1.54) is 48.5 Å². The van der Waals surface area contributed by atoms with Gasteiger partial charge in [-0.05, 0) is 72.3 Å². The van der Waals surface area contributed by atoms with Crippen molar-refractivity contribution < 1.29 is 65.5 Å². The van der Waals surface area contributed by atoms with E-state index in [1.807, 2.05) is 0 Å². The second kappa shape index (κ2) is 19.2. The van der Waals surface area contributed by atoms with Gasteiger partial charge in [-0.1, -0.05) is 35.3 Å². The van der Waals surface area contributed by atoms with E-state index in [9.17, 15) is 51.9 Å². The van der Waals surface area contributed by atoms with E-state index in [2.05, 4.69) is 61.1 Å². The van der Waals surface area contributed by atoms with Gasteiger partial charge < -0.3 is 49.7 Å². The summed E-state index contributed by atoms with van der Waals surface area (Å²) >= 11 is 20.0. The molecule has 0 amide bonds. The summed E-state index contributed by atoms with van der Waals surface area (Å²) in [5, 5.41) is 9.82. The second-order valence-electron chi connectivity index (χ2n) is 15.7. The number of aromatic amines is 2. The Labute approximate surface area is 435 Å². The van der Waals surface area contributed by atoms with Crippen molar-refractivity contribution in [2.45, 2.75) is 19.6 Å². The zero-order valence-corrected chi connectivity index (χ0v) is 42.5. The summed E-state index contributed by atoms with van der Waals surface area (Å²) < 4.78 is 158.